The lowest BCUT2D eigenvalue weighted by Gasteiger charge is -2.09. The molecule has 0 bridgehead atoms. The Hall–Kier alpha value is -1.71. The van der Waals surface area contributed by atoms with E-state index in [2.05, 4.69) is 15.1 Å². The van der Waals surface area contributed by atoms with Crippen LogP contribution in [0.25, 0.3) is 6.08 Å². The molecule has 1 aliphatic rings. The fourth-order valence-corrected chi connectivity index (χ4v) is 1.28. The summed E-state index contributed by atoms with van der Waals surface area (Å²) in [5, 5.41) is 3.91. The van der Waals surface area contributed by atoms with Crippen LogP contribution in [-0.4, -0.2) is 22.8 Å². The fourth-order valence-electron chi connectivity index (χ4n) is 1.28. The van der Waals surface area contributed by atoms with Crippen molar-refractivity contribution < 1.29 is 4.84 Å². The molecule has 0 radical (unpaired) electrons. The zero-order chi connectivity index (χ0) is 9.10. The molecule has 0 atom stereocenters. The third kappa shape index (κ3) is 1.42. The van der Waals surface area contributed by atoms with Crippen LogP contribution in [0.1, 0.15) is 17.7 Å². The van der Waals surface area contributed by atoms with Crippen molar-refractivity contribution in [1.29, 1.82) is 0 Å². The number of oxime groups is 1. The summed E-state index contributed by atoms with van der Waals surface area (Å²) in [5.41, 5.74) is 2.73. The van der Waals surface area contributed by atoms with Crippen LogP contribution in [0.5, 0.6) is 0 Å². The monoisotopic (exact) mass is 175 g/mol. The topological polar surface area (TPSA) is 47.4 Å². The molecule has 0 spiro atoms. The molecule has 1 aliphatic carbocycles. The molecular weight excluding hydrogens is 166 g/mol. The number of nitrogens with zero attached hydrogens (tertiary/aromatic N) is 3. The van der Waals surface area contributed by atoms with E-state index in [9.17, 15) is 0 Å². The van der Waals surface area contributed by atoms with Gasteiger partial charge in [-0.3, -0.25) is 0 Å². The van der Waals surface area contributed by atoms with E-state index in [1.165, 1.54) is 13.4 Å². The van der Waals surface area contributed by atoms with Gasteiger partial charge < -0.3 is 4.84 Å². The minimum atomic E-state index is 0.772. The van der Waals surface area contributed by atoms with Crippen LogP contribution in [0.4, 0.5) is 0 Å². The molecule has 4 heteroatoms. The van der Waals surface area contributed by atoms with Crippen molar-refractivity contribution in [2.24, 2.45) is 5.16 Å². The van der Waals surface area contributed by atoms with E-state index in [1.807, 2.05) is 12.2 Å². The van der Waals surface area contributed by atoms with Crippen LogP contribution in [0.2, 0.25) is 0 Å². The van der Waals surface area contributed by atoms with Gasteiger partial charge >= 0.3 is 0 Å². The van der Waals surface area contributed by atoms with Crippen molar-refractivity contribution in [3.63, 3.8) is 0 Å². The zero-order valence-corrected chi connectivity index (χ0v) is 7.27. The smallest absolute Gasteiger partial charge is 0.116 e. The first kappa shape index (κ1) is 7.91. The van der Waals surface area contributed by atoms with Gasteiger partial charge in [-0.2, -0.15) is 0 Å². The lowest BCUT2D eigenvalue weighted by Crippen LogP contribution is -2.08. The first-order valence-electron chi connectivity index (χ1n) is 3.99. The third-order valence-electron chi connectivity index (χ3n) is 1.84. The number of hydrogen-bond acceptors (Lipinski definition) is 4. The minimum absolute atomic E-state index is 0.772. The average Bonchev–Trinajstić information content (AvgIpc) is 2.19. The van der Waals surface area contributed by atoms with Crippen molar-refractivity contribution in [2.75, 3.05) is 7.11 Å². The Kier molecular flexibility index (Phi) is 2.04. The van der Waals surface area contributed by atoms with Crippen LogP contribution >= 0.6 is 0 Å². The van der Waals surface area contributed by atoms with Crippen molar-refractivity contribution in [1.82, 2.24) is 9.97 Å². The lowest BCUT2D eigenvalue weighted by atomic mass is 10.0. The molecule has 0 saturated carbocycles. The summed E-state index contributed by atoms with van der Waals surface area (Å²) in [5.74, 6) is 0. The van der Waals surface area contributed by atoms with Gasteiger partial charge in [-0.1, -0.05) is 11.2 Å². The van der Waals surface area contributed by atoms with Crippen molar-refractivity contribution >= 4 is 11.8 Å². The standard InChI is InChI=1S/C9H9N3O/c1-13-12-9-4-2-3-8-7(9)5-10-6-11-8/h2-3,5-6H,4H2,1H3. The second-order valence-corrected chi connectivity index (χ2v) is 2.65. The van der Waals surface area contributed by atoms with Crippen LogP contribution < -0.4 is 0 Å². The van der Waals surface area contributed by atoms with Crippen molar-refractivity contribution in [2.45, 2.75) is 6.42 Å². The van der Waals surface area contributed by atoms with E-state index in [1.54, 1.807) is 6.20 Å². The summed E-state index contributed by atoms with van der Waals surface area (Å²) in [6.07, 6.45) is 8.02. The minimum Gasteiger partial charge on any atom is -0.399 e. The van der Waals surface area contributed by atoms with E-state index in [0.29, 0.717) is 0 Å². The van der Waals surface area contributed by atoms with Gasteiger partial charge in [0.05, 0.1) is 11.4 Å². The van der Waals surface area contributed by atoms with Crippen LogP contribution in [-0.2, 0) is 4.84 Å². The highest BCUT2D eigenvalue weighted by Crippen LogP contribution is 2.15. The van der Waals surface area contributed by atoms with Gasteiger partial charge in [-0.05, 0) is 6.08 Å². The largest absolute Gasteiger partial charge is 0.399 e. The number of hydrogen-bond donors (Lipinski definition) is 0. The van der Waals surface area contributed by atoms with E-state index in [4.69, 9.17) is 4.84 Å². The maximum atomic E-state index is 4.74. The molecule has 13 heavy (non-hydrogen) atoms. The summed E-state index contributed by atoms with van der Waals surface area (Å²) >= 11 is 0. The molecule has 0 saturated heterocycles. The van der Waals surface area contributed by atoms with Crippen LogP contribution in [0, 0.1) is 0 Å². The lowest BCUT2D eigenvalue weighted by molar-refractivity contribution is 0.213. The van der Waals surface area contributed by atoms with Gasteiger partial charge in [0.1, 0.15) is 13.4 Å². The Balaban J connectivity index is 2.49. The molecule has 0 fully saturated rings. The number of aromatic nitrogens is 2. The molecule has 0 N–H and O–H groups in total. The van der Waals surface area contributed by atoms with Crippen LogP contribution in [0.15, 0.2) is 23.8 Å². The number of fused-ring (bicyclic) bond motifs is 1. The van der Waals surface area contributed by atoms with E-state index < -0.39 is 0 Å². The molecule has 2 rings (SSSR count). The van der Waals surface area contributed by atoms with E-state index >= 15 is 0 Å². The van der Waals surface area contributed by atoms with Gasteiger partial charge in [0.2, 0.25) is 0 Å². The predicted molar refractivity (Wildman–Crippen MR) is 49.2 cm³/mol. The molecule has 1 heterocycles. The number of rotatable bonds is 1. The highest BCUT2D eigenvalue weighted by atomic mass is 16.6. The summed E-state index contributed by atoms with van der Waals surface area (Å²) < 4.78 is 0. The van der Waals surface area contributed by atoms with Gasteiger partial charge in [0.25, 0.3) is 0 Å². The summed E-state index contributed by atoms with van der Waals surface area (Å²) in [6, 6.07) is 0. The first-order chi connectivity index (χ1) is 6.42. The van der Waals surface area contributed by atoms with Gasteiger partial charge in [0.15, 0.2) is 0 Å². The first-order valence-corrected chi connectivity index (χ1v) is 3.99. The second-order valence-electron chi connectivity index (χ2n) is 2.65. The molecule has 0 amide bonds. The van der Waals surface area contributed by atoms with Crippen LogP contribution in [0.3, 0.4) is 0 Å². The predicted octanol–water partition coefficient (Wildman–Crippen LogP) is 1.24. The SMILES string of the molecule is CON=C1CC=Cc2ncncc21. The van der Waals surface area contributed by atoms with Crippen molar-refractivity contribution in [3.05, 3.63) is 29.9 Å². The Morgan fingerprint density at radius 3 is 3.31 bits per heavy atom. The Bertz CT molecular complexity index is 371. The van der Waals surface area contributed by atoms with Crippen molar-refractivity contribution in [3.8, 4) is 0 Å². The third-order valence-corrected chi connectivity index (χ3v) is 1.84. The number of allylic oxidation sites excluding steroid dienone is 1. The molecule has 66 valence electrons. The molecule has 0 aromatic carbocycles. The van der Waals surface area contributed by atoms with Gasteiger partial charge in [-0.15, -0.1) is 0 Å². The maximum Gasteiger partial charge on any atom is 0.116 e. The fraction of sp³-hybridized carbons (Fsp3) is 0.222. The Labute approximate surface area is 76.0 Å². The van der Waals surface area contributed by atoms with E-state index in [-0.39, 0.29) is 0 Å². The molecule has 4 nitrogen and oxygen atoms in total. The maximum absolute atomic E-state index is 4.74. The molecule has 0 aliphatic heterocycles. The van der Waals surface area contributed by atoms with Gasteiger partial charge in [-0.25, -0.2) is 9.97 Å². The average molecular weight is 175 g/mol. The second kappa shape index (κ2) is 3.35. The Morgan fingerprint density at radius 2 is 2.46 bits per heavy atom. The molecule has 0 unspecified atom stereocenters. The van der Waals surface area contributed by atoms with E-state index in [0.717, 1.165) is 23.4 Å². The molecule has 1 aromatic heterocycles. The summed E-state index contributed by atoms with van der Waals surface area (Å²) in [4.78, 5) is 12.8. The molecule has 1 aromatic rings. The van der Waals surface area contributed by atoms with Gasteiger partial charge in [0, 0.05) is 18.2 Å². The summed E-state index contributed by atoms with van der Waals surface area (Å²) in [7, 11) is 1.54. The normalized spacial score (nSPS) is 17.2. The summed E-state index contributed by atoms with van der Waals surface area (Å²) in [6.45, 7) is 0. The highest BCUT2D eigenvalue weighted by molar-refractivity contribution is 6.05. The highest BCUT2D eigenvalue weighted by Gasteiger charge is 2.12. The molecular formula is C9H9N3O. The zero-order valence-electron chi connectivity index (χ0n) is 7.27. The Morgan fingerprint density at radius 1 is 1.54 bits per heavy atom. The quantitative estimate of drug-likeness (QED) is 0.603.